The summed E-state index contributed by atoms with van der Waals surface area (Å²) in [5, 5.41) is 2.84. The molecular formula is C16H16ClNO2. The molecule has 104 valence electrons. The van der Waals surface area contributed by atoms with Crippen molar-refractivity contribution in [3.63, 3.8) is 0 Å². The molecule has 1 atom stereocenters. The second-order valence-corrected chi connectivity index (χ2v) is 5.10. The van der Waals surface area contributed by atoms with E-state index in [0.29, 0.717) is 5.02 Å². The van der Waals surface area contributed by atoms with Crippen molar-refractivity contribution in [2.45, 2.75) is 13.2 Å². The van der Waals surface area contributed by atoms with Gasteiger partial charge in [0.05, 0.1) is 28.6 Å². The van der Waals surface area contributed by atoms with Crippen molar-refractivity contribution in [3.05, 3.63) is 41.4 Å². The van der Waals surface area contributed by atoms with E-state index in [1.165, 1.54) is 0 Å². The van der Waals surface area contributed by atoms with Gasteiger partial charge in [0.25, 0.3) is 0 Å². The van der Waals surface area contributed by atoms with Gasteiger partial charge in [-0.2, -0.15) is 0 Å². The van der Waals surface area contributed by atoms with Crippen molar-refractivity contribution in [3.8, 4) is 5.75 Å². The van der Waals surface area contributed by atoms with E-state index in [1.807, 2.05) is 31.2 Å². The van der Waals surface area contributed by atoms with Crippen LogP contribution in [0, 0.1) is 0 Å². The second-order valence-electron chi connectivity index (χ2n) is 4.70. The Labute approximate surface area is 122 Å². The van der Waals surface area contributed by atoms with E-state index in [-0.39, 0.29) is 6.23 Å². The number of aromatic nitrogens is 1. The third-order valence-electron chi connectivity index (χ3n) is 3.69. The van der Waals surface area contributed by atoms with Crippen LogP contribution in [0.1, 0.15) is 13.2 Å². The molecule has 0 saturated carbocycles. The maximum atomic E-state index is 6.43. The third kappa shape index (κ3) is 1.78. The smallest absolute Gasteiger partial charge is 0.131 e. The van der Waals surface area contributed by atoms with E-state index < -0.39 is 0 Å². The summed E-state index contributed by atoms with van der Waals surface area (Å²) < 4.78 is 13.1. The predicted molar refractivity (Wildman–Crippen MR) is 82.7 cm³/mol. The van der Waals surface area contributed by atoms with Gasteiger partial charge in [0.15, 0.2) is 0 Å². The highest BCUT2D eigenvalue weighted by Gasteiger charge is 2.19. The maximum Gasteiger partial charge on any atom is 0.131 e. The summed E-state index contributed by atoms with van der Waals surface area (Å²) in [5.41, 5.74) is 2.03. The van der Waals surface area contributed by atoms with Crippen molar-refractivity contribution in [1.82, 2.24) is 4.57 Å². The van der Waals surface area contributed by atoms with Crippen molar-refractivity contribution in [1.29, 1.82) is 0 Å². The minimum absolute atomic E-state index is 0.109. The first-order valence-electron chi connectivity index (χ1n) is 6.47. The predicted octanol–water partition coefficient (Wildman–Crippen LogP) is 4.62. The van der Waals surface area contributed by atoms with Crippen LogP contribution in [-0.4, -0.2) is 18.8 Å². The average molecular weight is 290 g/mol. The highest BCUT2D eigenvalue weighted by Crippen LogP contribution is 2.40. The molecule has 1 unspecified atom stereocenters. The number of halogens is 1. The Kier molecular flexibility index (Phi) is 3.32. The Bertz CT molecular complexity index is 779. The number of fused-ring (bicyclic) bond motifs is 3. The fraction of sp³-hybridized carbons (Fsp3) is 0.250. The first kappa shape index (κ1) is 13.3. The van der Waals surface area contributed by atoms with E-state index in [1.54, 1.807) is 14.2 Å². The molecule has 0 bridgehead atoms. The zero-order chi connectivity index (χ0) is 14.3. The monoisotopic (exact) mass is 289 g/mol. The molecule has 20 heavy (non-hydrogen) atoms. The molecule has 2 aromatic carbocycles. The van der Waals surface area contributed by atoms with Crippen molar-refractivity contribution in [2.24, 2.45) is 0 Å². The summed E-state index contributed by atoms with van der Waals surface area (Å²) in [5.74, 6) is 0.822. The van der Waals surface area contributed by atoms with Crippen LogP contribution in [0.5, 0.6) is 5.75 Å². The van der Waals surface area contributed by atoms with E-state index in [4.69, 9.17) is 21.1 Å². The standard InChI is InChI=1S/C16H16ClNO2/c1-10(19-2)18-13-7-5-4-6-11(13)15-14(20-3)9-8-12(17)16(15)18/h4-10H,1-3H3. The van der Waals surface area contributed by atoms with Crippen LogP contribution < -0.4 is 4.74 Å². The van der Waals surface area contributed by atoms with Gasteiger partial charge < -0.3 is 14.0 Å². The molecule has 4 heteroatoms. The molecule has 0 amide bonds. The topological polar surface area (TPSA) is 23.4 Å². The molecular weight excluding hydrogens is 274 g/mol. The van der Waals surface area contributed by atoms with Crippen molar-refractivity contribution < 1.29 is 9.47 Å². The van der Waals surface area contributed by atoms with Crippen LogP contribution in [0.3, 0.4) is 0 Å². The molecule has 0 aliphatic heterocycles. The maximum absolute atomic E-state index is 6.43. The zero-order valence-electron chi connectivity index (χ0n) is 11.7. The fourth-order valence-corrected chi connectivity index (χ4v) is 2.96. The summed E-state index contributed by atoms with van der Waals surface area (Å²) in [4.78, 5) is 0. The number of ether oxygens (including phenoxy) is 2. The van der Waals surface area contributed by atoms with Crippen molar-refractivity contribution in [2.75, 3.05) is 14.2 Å². The number of rotatable bonds is 3. The highest BCUT2D eigenvalue weighted by molar-refractivity contribution is 6.37. The van der Waals surface area contributed by atoms with Crippen LogP contribution in [-0.2, 0) is 4.74 Å². The Balaban J connectivity index is 2.57. The van der Waals surface area contributed by atoms with Gasteiger partial charge in [0, 0.05) is 12.5 Å². The van der Waals surface area contributed by atoms with E-state index in [9.17, 15) is 0 Å². The molecule has 0 radical (unpaired) electrons. The molecule has 1 heterocycles. The molecule has 0 fully saturated rings. The normalized spacial score (nSPS) is 13.0. The Morgan fingerprint density at radius 1 is 1.10 bits per heavy atom. The summed E-state index contributed by atoms with van der Waals surface area (Å²) in [6.45, 7) is 2.00. The lowest BCUT2D eigenvalue weighted by molar-refractivity contribution is 0.0675. The Morgan fingerprint density at radius 3 is 2.55 bits per heavy atom. The number of para-hydroxylation sites is 1. The number of benzene rings is 2. The largest absolute Gasteiger partial charge is 0.496 e. The number of methoxy groups -OCH3 is 2. The van der Waals surface area contributed by atoms with Crippen LogP contribution in [0.25, 0.3) is 21.8 Å². The molecule has 3 rings (SSSR count). The first-order valence-corrected chi connectivity index (χ1v) is 6.84. The minimum atomic E-state index is -0.109. The van der Waals surface area contributed by atoms with Crippen LogP contribution in [0.2, 0.25) is 5.02 Å². The van der Waals surface area contributed by atoms with Gasteiger partial charge in [0.1, 0.15) is 12.0 Å². The van der Waals surface area contributed by atoms with E-state index in [0.717, 1.165) is 27.6 Å². The van der Waals surface area contributed by atoms with Crippen LogP contribution in [0.15, 0.2) is 36.4 Å². The van der Waals surface area contributed by atoms with Crippen molar-refractivity contribution >= 4 is 33.4 Å². The highest BCUT2D eigenvalue weighted by atomic mass is 35.5. The van der Waals surface area contributed by atoms with Gasteiger partial charge in [-0.25, -0.2) is 0 Å². The van der Waals surface area contributed by atoms with E-state index >= 15 is 0 Å². The van der Waals surface area contributed by atoms with Gasteiger partial charge in [-0.3, -0.25) is 0 Å². The Hall–Kier alpha value is -1.71. The first-order chi connectivity index (χ1) is 9.69. The second kappa shape index (κ2) is 5.00. The van der Waals surface area contributed by atoms with Gasteiger partial charge >= 0.3 is 0 Å². The molecule has 0 N–H and O–H groups in total. The number of hydrogen-bond donors (Lipinski definition) is 0. The van der Waals surface area contributed by atoms with Gasteiger partial charge in [-0.1, -0.05) is 29.8 Å². The molecule has 0 spiro atoms. The van der Waals surface area contributed by atoms with Crippen LogP contribution in [0.4, 0.5) is 0 Å². The SMILES string of the molecule is COc1ccc(Cl)c2c1c1ccccc1n2C(C)OC. The van der Waals surface area contributed by atoms with Gasteiger partial charge in [-0.05, 0) is 25.1 Å². The molecule has 1 aromatic heterocycles. The molecule has 3 aromatic rings. The number of nitrogens with zero attached hydrogens (tertiary/aromatic N) is 1. The quantitative estimate of drug-likeness (QED) is 0.702. The lowest BCUT2D eigenvalue weighted by Crippen LogP contribution is -2.06. The molecule has 0 aliphatic carbocycles. The summed E-state index contributed by atoms with van der Waals surface area (Å²) >= 11 is 6.43. The van der Waals surface area contributed by atoms with Gasteiger partial charge in [-0.15, -0.1) is 0 Å². The summed E-state index contributed by atoms with van der Waals surface area (Å²) in [6, 6.07) is 11.9. The summed E-state index contributed by atoms with van der Waals surface area (Å²) in [6.07, 6.45) is -0.109. The average Bonchev–Trinajstić information content (AvgIpc) is 2.83. The summed E-state index contributed by atoms with van der Waals surface area (Å²) in [7, 11) is 3.37. The molecule has 0 saturated heterocycles. The number of hydrogen-bond acceptors (Lipinski definition) is 2. The molecule has 0 aliphatic rings. The van der Waals surface area contributed by atoms with Crippen LogP contribution >= 0.6 is 11.6 Å². The fourth-order valence-electron chi connectivity index (χ4n) is 2.71. The lowest BCUT2D eigenvalue weighted by atomic mass is 10.1. The lowest BCUT2D eigenvalue weighted by Gasteiger charge is -2.15. The minimum Gasteiger partial charge on any atom is -0.496 e. The third-order valence-corrected chi connectivity index (χ3v) is 3.99. The molecule has 3 nitrogen and oxygen atoms in total. The van der Waals surface area contributed by atoms with E-state index in [2.05, 4.69) is 16.7 Å². The Morgan fingerprint density at radius 2 is 1.85 bits per heavy atom. The zero-order valence-corrected chi connectivity index (χ0v) is 12.4. The van der Waals surface area contributed by atoms with Gasteiger partial charge in [0.2, 0.25) is 0 Å².